The molecule has 0 bridgehead atoms. The second-order valence-electron chi connectivity index (χ2n) is 3.13. The van der Waals surface area contributed by atoms with Gasteiger partial charge in [0.15, 0.2) is 0 Å². The normalized spacial score (nSPS) is 10.3. The van der Waals surface area contributed by atoms with Crippen LogP contribution >= 0.6 is 22.9 Å². The summed E-state index contributed by atoms with van der Waals surface area (Å²) in [6.45, 7) is -0.141. The maximum atomic E-state index is 8.99. The summed E-state index contributed by atoms with van der Waals surface area (Å²) in [5.74, 6) is 1.31. The summed E-state index contributed by atoms with van der Waals surface area (Å²) in [6, 6.07) is 7.17. The van der Waals surface area contributed by atoms with Crippen molar-refractivity contribution in [3.8, 4) is 16.7 Å². The van der Waals surface area contributed by atoms with Crippen LogP contribution in [0.5, 0.6) is 16.7 Å². The molecule has 0 atom stereocenters. The first-order valence-electron chi connectivity index (χ1n) is 4.81. The highest BCUT2D eigenvalue weighted by atomic mass is 35.5. The van der Waals surface area contributed by atoms with Crippen LogP contribution in [0.2, 0.25) is 5.15 Å². The van der Waals surface area contributed by atoms with E-state index in [9.17, 15) is 0 Å². The number of aromatic nitrogens is 1. The maximum Gasteiger partial charge on any atom is 0.280 e. The fraction of sp³-hybridized carbons (Fsp3) is 0.182. The van der Waals surface area contributed by atoms with E-state index >= 15 is 0 Å². The number of halogens is 1. The molecular formula is C11H10ClNO3S. The van der Waals surface area contributed by atoms with Gasteiger partial charge >= 0.3 is 0 Å². The second-order valence-corrected chi connectivity index (χ2v) is 4.54. The van der Waals surface area contributed by atoms with Crippen LogP contribution in [0, 0.1) is 0 Å². The summed E-state index contributed by atoms with van der Waals surface area (Å²) >= 11 is 7.02. The molecule has 17 heavy (non-hydrogen) atoms. The Kier molecular flexibility index (Phi) is 3.83. The predicted molar refractivity (Wildman–Crippen MR) is 66.1 cm³/mol. The van der Waals surface area contributed by atoms with Gasteiger partial charge < -0.3 is 14.6 Å². The lowest BCUT2D eigenvalue weighted by atomic mass is 10.3. The lowest BCUT2D eigenvalue weighted by Crippen LogP contribution is -1.85. The monoisotopic (exact) mass is 271 g/mol. The molecule has 1 N–H and O–H groups in total. The van der Waals surface area contributed by atoms with Gasteiger partial charge in [-0.3, -0.25) is 0 Å². The van der Waals surface area contributed by atoms with Crippen LogP contribution < -0.4 is 9.47 Å². The fourth-order valence-corrected chi connectivity index (χ4v) is 2.20. The molecule has 1 aromatic carbocycles. The van der Waals surface area contributed by atoms with Crippen molar-refractivity contribution in [2.24, 2.45) is 0 Å². The molecule has 90 valence electrons. The average Bonchev–Trinajstić information content (AvgIpc) is 2.69. The van der Waals surface area contributed by atoms with E-state index in [0.29, 0.717) is 21.6 Å². The van der Waals surface area contributed by atoms with Crippen LogP contribution in [0.4, 0.5) is 0 Å². The molecule has 0 radical (unpaired) electrons. The fourth-order valence-electron chi connectivity index (χ4n) is 1.22. The molecule has 1 aromatic heterocycles. The molecule has 2 rings (SSSR count). The van der Waals surface area contributed by atoms with Gasteiger partial charge in [0, 0.05) is 6.07 Å². The molecule has 0 fully saturated rings. The molecule has 0 aliphatic heterocycles. The Labute approximate surface area is 107 Å². The molecule has 4 nitrogen and oxygen atoms in total. The van der Waals surface area contributed by atoms with E-state index in [1.807, 2.05) is 12.1 Å². The smallest absolute Gasteiger partial charge is 0.280 e. The lowest BCUT2D eigenvalue weighted by molar-refractivity contribution is 0.285. The molecule has 0 amide bonds. The quantitative estimate of drug-likeness (QED) is 0.928. The molecule has 0 aliphatic rings. The zero-order valence-corrected chi connectivity index (χ0v) is 10.6. The summed E-state index contributed by atoms with van der Waals surface area (Å²) in [4.78, 5) is 4.58. The number of hydrogen-bond acceptors (Lipinski definition) is 5. The van der Waals surface area contributed by atoms with Gasteiger partial charge in [-0.05, 0) is 12.1 Å². The molecule has 0 saturated heterocycles. The largest absolute Gasteiger partial charge is 0.497 e. The molecule has 2 aromatic rings. The van der Waals surface area contributed by atoms with E-state index in [0.717, 1.165) is 0 Å². The van der Waals surface area contributed by atoms with Crippen molar-refractivity contribution in [1.82, 2.24) is 4.98 Å². The Morgan fingerprint density at radius 2 is 2.18 bits per heavy atom. The van der Waals surface area contributed by atoms with Crippen molar-refractivity contribution in [2.75, 3.05) is 7.11 Å². The van der Waals surface area contributed by atoms with Crippen molar-refractivity contribution in [3.05, 3.63) is 34.3 Å². The highest BCUT2D eigenvalue weighted by Crippen LogP contribution is 2.32. The third-order valence-corrected chi connectivity index (χ3v) is 3.36. The third-order valence-electron chi connectivity index (χ3n) is 2.02. The molecular weight excluding hydrogens is 262 g/mol. The zero-order chi connectivity index (χ0) is 12.3. The Hall–Kier alpha value is -1.30. The molecule has 0 aliphatic carbocycles. The highest BCUT2D eigenvalue weighted by molar-refractivity contribution is 7.13. The van der Waals surface area contributed by atoms with E-state index in [1.54, 1.807) is 19.2 Å². The van der Waals surface area contributed by atoms with Crippen molar-refractivity contribution >= 4 is 22.9 Å². The Morgan fingerprint density at radius 1 is 1.41 bits per heavy atom. The summed E-state index contributed by atoms with van der Waals surface area (Å²) in [6.07, 6.45) is 0. The average molecular weight is 272 g/mol. The third kappa shape index (κ3) is 2.88. The van der Waals surface area contributed by atoms with Crippen LogP contribution in [0.3, 0.4) is 0 Å². The number of hydrogen-bond donors (Lipinski definition) is 1. The van der Waals surface area contributed by atoms with Crippen LogP contribution in [0.25, 0.3) is 0 Å². The number of aliphatic hydroxyl groups excluding tert-OH is 1. The van der Waals surface area contributed by atoms with Gasteiger partial charge in [0.25, 0.3) is 5.19 Å². The standard InChI is InChI=1S/C11H10ClNO3S/c1-15-7-3-2-4-8(5-7)16-11-13-10(12)9(6-14)17-11/h2-5,14H,6H2,1H3. The van der Waals surface area contributed by atoms with Crippen molar-refractivity contribution in [1.29, 1.82) is 0 Å². The van der Waals surface area contributed by atoms with Crippen molar-refractivity contribution < 1.29 is 14.6 Å². The Balaban J connectivity index is 2.18. The van der Waals surface area contributed by atoms with Gasteiger partial charge in [-0.15, -0.1) is 0 Å². The second kappa shape index (κ2) is 5.35. The van der Waals surface area contributed by atoms with Crippen LogP contribution in [-0.2, 0) is 6.61 Å². The summed E-state index contributed by atoms with van der Waals surface area (Å²) in [5, 5.41) is 9.66. The van der Waals surface area contributed by atoms with Gasteiger partial charge in [0.2, 0.25) is 0 Å². The summed E-state index contributed by atoms with van der Waals surface area (Å²) in [7, 11) is 1.59. The molecule has 0 saturated carbocycles. The Morgan fingerprint density at radius 3 is 2.82 bits per heavy atom. The highest BCUT2D eigenvalue weighted by Gasteiger charge is 2.10. The van der Waals surface area contributed by atoms with Crippen molar-refractivity contribution in [2.45, 2.75) is 6.61 Å². The van der Waals surface area contributed by atoms with Crippen LogP contribution in [-0.4, -0.2) is 17.2 Å². The number of ether oxygens (including phenoxy) is 2. The van der Waals surface area contributed by atoms with Gasteiger partial charge in [-0.25, -0.2) is 0 Å². The lowest BCUT2D eigenvalue weighted by Gasteiger charge is -2.03. The number of nitrogens with zero attached hydrogens (tertiary/aromatic N) is 1. The van der Waals surface area contributed by atoms with Crippen LogP contribution in [0.1, 0.15) is 4.88 Å². The summed E-state index contributed by atoms with van der Waals surface area (Å²) in [5.41, 5.74) is 0. The SMILES string of the molecule is COc1cccc(Oc2nc(Cl)c(CO)s2)c1. The first-order valence-corrected chi connectivity index (χ1v) is 6.00. The number of methoxy groups -OCH3 is 1. The van der Waals surface area contributed by atoms with Crippen LogP contribution in [0.15, 0.2) is 24.3 Å². The first kappa shape index (κ1) is 12.2. The number of aliphatic hydroxyl groups is 1. The van der Waals surface area contributed by atoms with E-state index < -0.39 is 0 Å². The maximum absolute atomic E-state index is 8.99. The summed E-state index contributed by atoms with van der Waals surface area (Å²) < 4.78 is 10.6. The number of rotatable bonds is 4. The van der Waals surface area contributed by atoms with E-state index in [1.165, 1.54) is 11.3 Å². The Bertz CT molecular complexity index is 515. The van der Waals surface area contributed by atoms with Gasteiger partial charge in [-0.2, -0.15) is 4.98 Å². The van der Waals surface area contributed by atoms with E-state index in [2.05, 4.69) is 4.98 Å². The minimum absolute atomic E-state index is 0.141. The molecule has 0 spiro atoms. The van der Waals surface area contributed by atoms with Crippen molar-refractivity contribution in [3.63, 3.8) is 0 Å². The molecule has 0 unspecified atom stereocenters. The minimum atomic E-state index is -0.141. The number of thiazole rings is 1. The minimum Gasteiger partial charge on any atom is -0.497 e. The first-order chi connectivity index (χ1) is 8.22. The van der Waals surface area contributed by atoms with Gasteiger partial charge in [0.1, 0.15) is 16.7 Å². The van der Waals surface area contributed by atoms with Gasteiger partial charge in [-0.1, -0.05) is 29.0 Å². The molecule has 6 heteroatoms. The number of benzene rings is 1. The predicted octanol–water partition coefficient (Wildman–Crippen LogP) is 3.09. The van der Waals surface area contributed by atoms with Gasteiger partial charge in [0.05, 0.1) is 18.6 Å². The zero-order valence-electron chi connectivity index (χ0n) is 9.01. The molecule has 1 heterocycles. The topological polar surface area (TPSA) is 51.6 Å². The van der Waals surface area contributed by atoms with E-state index in [4.69, 9.17) is 26.2 Å². The van der Waals surface area contributed by atoms with E-state index in [-0.39, 0.29) is 11.8 Å².